The van der Waals surface area contributed by atoms with Gasteiger partial charge in [0.15, 0.2) is 0 Å². The third-order valence-corrected chi connectivity index (χ3v) is 12.5. The van der Waals surface area contributed by atoms with Gasteiger partial charge in [0.2, 0.25) is 0 Å². The summed E-state index contributed by atoms with van der Waals surface area (Å²) in [5, 5.41) is 29.8. The highest BCUT2D eigenvalue weighted by atomic mass is 35.5. The number of H-pyrrole nitrogens is 4. The van der Waals surface area contributed by atoms with Crippen molar-refractivity contribution in [2.75, 3.05) is 45.3 Å². The SMILES string of the molecule is Cc1c[nH]c2c(O)cc3c(c12)C(CCl)CN3C(=O)c1cc2cc(NC(=O)C(=O)Nc3ccc4[nH]c(C(=O)N5C[C@@H](CCl)c6c5cc(O)c5[nH]cc(C)c65)cc4c3)ccc2[nH]1. The second-order valence-electron chi connectivity index (χ2n) is 15.5. The Morgan fingerprint density at radius 3 is 1.47 bits per heavy atom. The van der Waals surface area contributed by atoms with E-state index in [4.69, 9.17) is 23.2 Å². The van der Waals surface area contributed by atoms with Gasteiger partial charge in [-0.3, -0.25) is 19.2 Å². The first-order valence-electron chi connectivity index (χ1n) is 19.2. The Hall–Kier alpha value is -6.90. The normalized spacial score (nSPS) is 16.0. The van der Waals surface area contributed by atoms with Crippen LogP contribution in [0.3, 0.4) is 0 Å². The average Bonchev–Trinajstić information content (AvgIpc) is 4.10. The van der Waals surface area contributed by atoms with E-state index in [1.807, 2.05) is 26.2 Å². The Morgan fingerprint density at radius 2 is 1.07 bits per heavy atom. The number of aromatic amines is 4. The summed E-state index contributed by atoms with van der Waals surface area (Å²) < 4.78 is 0. The summed E-state index contributed by atoms with van der Waals surface area (Å²) in [4.78, 5) is 69.8. The number of aromatic nitrogens is 4. The Bertz CT molecular complexity index is 2950. The molecule has 6 heterocycles. The number of benzene rings is 4. The number of alkyl halides is 2. The van der Waals surface area contributed by atoms with E-state index in [1.54, 1.807) is 70.5 Å². The smallest absolute Gasteiger partial charge is 0.314 e. The van der Waals surface area contributed by atoms with Gasteiger partial charge in [0, 0.05) is 105 Å². The molecular weight excluding hydrogens is 807 g/mol. The third-order valence-electron chi connectivity index (χ3n) is 11.8. The number of nitrogens with one attached hydrogen (secondary N) is 6. The Kier molecular flexibility index (Phi) is 8.63. The molecule has 2 aliphatic heterocycles. The molecule has 0 bridgehead atoms. The van der Waals surface area contributed by atoms with Gasteiger partial charge in [-0.15, -0.1) is 23.2 Å². The zero-order valence-corrected chi connectivity index (χ0v) is 33.6. The first-order chi connectivity index (χ1) is 28.9. The van der Waals surface area contributed by atoms with Crippen molar-refractivity contribution < 1.29 is 29.4 Å². The largest absolute Gasteiger partial charge is 0.506 e. The van der Waals surface area contributed by atoms with Crippen molar-refractivity contribution in [1.29, 1.82) is 0 Å². The summed E-state index contributed by atoms with van der Waals surface area (Å²) in [6.45, 7) is 4.57. The lowest BCUT2D eigenvalue weighted by Gasteiger charge is -2.17. The second kappa shape index (κ2) is 13.9. The molecule has 4 aromatic carbocycles. The number of rotatable bonds is 6. The standard InChI is InChI=1S/C44H36Cl2N8O6/c1-19-15-47-39-33(55)11-31-37(35(19)39)23(13-45)17-53(31)43(59)29-9-21-7-25(3-5-27(21)51-29)49-41(57)42(58)50-26-4-6-28-22(8-26)10-30(52-28)44(60)54-18-24(14-46)38-32(54)12-34(56)40-36(38)20(2)16-48-40/h3-12,15-16,23-24,47-48,51-52,55-56H,13-14,17-18H2,1-2H3,(H,49,57)(H,50,58)/t23-,24?/m1/s1. The average molecular weight is 844 g/mol. The van der Waals surface area contributed by atoms with E-state index in [0.717, 1.165) is 33.0 Å². The van der Waals surface area contributed by atoms with Crippen LogP contribution in [0.2, 0.25) is 0 Å². The Labute approximate surface area is 350 Å². The van der Waals surface area contributed by atoms with Gasteiger partial charge in [0.05, 0.1) is 22.4 Å². The summed E-state index contributed by atoms with van der Waals surface area (Å²) in [6.07, 6.45) is 3.64. The van der Waals surface area contributed by atoms with Crippen molar-refractivity contribution in [3.63, 3.8) is 0 Å². The summed E-state index contributed by atoms with van der Waals surface area (Å²) in [6, 6.07) is 16.5. The molecule has 4 aromatic heterocycles. The van der Waals surface area contributed by atoms with Crippen LogP contribution in [0.1, 0.15) is 55.1 Å². The molecule has 8 aromatic rings. The monoisotopic (exact) mass is 842 g/mol. The number of hydrogen-bond donors (Lipinski definition) is 8. The lowest BCUT2D eigenvalue weighted by Crippen LogP contribution is -2.30. The minimum Gasteiger partial charge on any atom is -0.506 e. The van der Waals surface area contributed by atoms with Crippen LogP contribution in [0.5, 0.6) is 11.5 Å². The molecule has 0 spiro atoms. The minimum atomic E-state index is -0.908. The van der Waals surface area contributed by atoms with Crippen LogP contribution in [0, 0.1) is 13.8 Å². The fourth-order valence-electron chi connectivity index (χ4n) is 9.00. The zero-order valence-electron chi connectivity index (χ0n) is 32.1. The van der Waals surface area contributed by atoms with Crippen molar-refractivity contribution in [3.8, 4) is 11.5 Å². The molecule has 4 amide bonds. The molecule has 60 heavy (non-hydrogen) atoms. The molecule has 16 heteroatoms. The highest BCUT2D eigenvalue weighted by Gasteiger charge is 2.38. The van der Waals surface area contributed by atoms with E-state index in [9.17, 15) is 29.4 Å². The maximum Gasteiger partial charge on any atom is 0.314 e. The van der Waals surface area contributed by atoms with Gasteiger partial charge in [-0.05, 0) is 84.6 Å². The van der Waals surface area contributed by atoms with Gasteiger partial charge >= 0.3 is 11.8 Å². The number of fused-ring (bicyclic) bond motifs is 8. The lowest BCUT2D eigenvalue weighted by molar-refractivity contribution is -0.132. The van der Waals surface area contributed by atoms with E-state index in [-0.39, 0.29) is 35.1 Å². The van der Waals surface area contributed by atoms with E-state index < -0.39 is 11.8 Å². The summed E-state index contributed by atoms with van der Waals surface area (Å²) in [5.74, 6) is -2.01. The number of carbonyl (C=O) groups is 4. The van der Waals surface area contributed by atoms with Gasteiger partial charge in [-0.1, -0.05) is 0 Å². The van der Waals surface area contributed by atoms with Crippen molar-refractivity contribution in [2.24, 2.45) is 0 Å². The number of phenols is 2. The van der Waals surface area contributed by atoms with E-state index >= 15 is 0 Å². The maximum absolute atomic E-state index is 13.9. The van der Waals surface area contributed by atoms with Crippen LogP contribution in [-0.2, 0) is 9.59 Å². The van der Waals surface area contributed by atoms with Crippen LogP contribution in [0.25, 0.3) is 43.6 Å². The van der Waals surface area contributed by atoms with Crippen LogP contribution in [-0.4, -0.2) is 78.6 Å². The van der Waals surface area contributed by atoms with Crippen LogP contribution >= 0.6 is 23.2 Å². The number of phenolic OH excluding ortho intramolecular Hbond substituents is 2. The number of hydrogen-bond acceptors (Lipinski definition) is 6. The van der Waals surface area contributed by atoms with Gasteiger partial charge in [-0.25, -0.2) is 0 Å². The number of anilines is 4. The second-order valence-corrected chi connectivity index (χ2v) is 16.1. The van der Waals surface area contributed by atoms with Crippen LogP contribution in [0.4, 0.5) is 22.7 Å². The van der Waals surface area contributed by atoms with Gasteiger partial charge in [0.25, 0.3) is 11.8 Å². The van der Waals surface area contributed by atoms with Crippen LogP contribution < -0.4 is 20.4 Å². The number of halogens is 2. The van der Waals surface area contributed by atoms with E-state index in [1.165, 1.54) is 0 Å². The fourth-order valence-corrected chi connectivity index (χ4v) is 9.51. The minimum absolute atomic E-state index is 0.0413. The van der Waals surface area contributed by atoms with Crippen molar-refractivity contribution in [3.05, 3.63) is 107 Å². The van der Waals surface area contributed by atoms with Gasteiger partial charge in [0.1, 0.15) is 22.9 Å². The van der Waals surface area contributed by atoms with Crippen molar-refractivity contribution in [1.82, 2.24) is 19.9 Å². The molecule has 0 radical (unpaired) electrons. The molecule has 0 saturated carbocycles. The van der Waals surface area contributed by atoms with Crippen molar-refractivity contribution >= 4 is 113 Å². The Balaban J connectivity index is 0.834. The van der Waals surface area contributed by atoms with Crippen molar-refractivity contribution in [2.45, 2.75) is 25.7 Å². The first kappa shape index (κ1) is 37.4. The molecule has 10 rings (SSSR count). The summed E-state index contributed by atoms with van der Waals surface area (Å²) in [7, 11) is 0. The topological polar surface area (TPSA) is 202 Å². The number of aromatic hydroxyl groups is 2. The van der Waals surface area contributed by atoms with E-state index in [0.29, 0.717) is 91.8 Å². The zero-order chi connectivity index (χ0) is 41.7. The summed E-state index contributed by atoms with van der Waals surface area (Å²) in [5.41, 5.74) is 8.73. The highest BCUT2D eigenvalue weighted by Crippen LogP contribution is 2.48. The maximum atomic E-state index is 13.9. The molecular formula is C44H36Cl2N8O6. The predicted octanol–water partition coefficient (Wildman–Crippen LogP) is 8.18. The molecule has 0 aliphatic carbocycles. The quantitative estimate of drug-likeness (QED) is 0.0612. The molecule has 8 N–H and O–H groups in total. The van der Waals surface area contributed by atoms with Gasteiger partial charge < -0.3 is 50.6 Å². The number of carbonyl (C=O) groups excluding carboxylic acids is 4. The molecule has 14 nitrogen and oxygen atoms in total. The van der Waals surface area contributed by atoms with Crippen LogP contribution in [0.15, 0.2) is 73.1 Å². The lowest BCUT2D eigenvalue weighted by atomic mass is 9.97. The Morgan fingerprint density at radius 1 is 0.650 bits per heavy atom. The first-order valence-corrected chi connectivity index (χ1v) is 20.3. The number of aryl methyl sites for hydroxylation is 2. The molecule has 2 atom stereocenters. The molecule has 302 valence electrons. The molecule has 0 saturated heterocycles. The predicted molar refractivity (Wildman–Crippen MR) is 234 cm³/mol. The molecule has 2 aliphatic rings. The molecule has 1 unspecified atom stereocenters. The number of nitrogens with zero attached hydrogens (tertiary/aromatic N) is 2. The highest BCUT2D eigenvalue weighted by molar-refractivity contribution is 6.43. The fraction of sp³-hybridized carbons (Fsp3) is 0.182. The third kappa shape index (κ3) is 5.77. The van der Waals surface area contributed by atoms with Gasteiger partial charge in [-0.2, -0.15) is 0 Å². The molecule has 0 fully saturated rings. The summed E-state index contributed by atoms with van der Waals surface area (Å²) >= 11 is 12.8. The number of amides is 4. The van der Waals surface area contributed by atoms with E-state index in [2.05, 4.69) is 30.6 Å².